The second-order valence-corrected chi connectivity index (χ2v) is 20.9. The maximum absolute atomic E-state index is 4.90. The van der Waals surface area contributed by atoms with Crippen LogP contribution < -0.4 is 3.80 Å². The van der Waals surface area contributed by atoms with Crippen molar-refractivity contribution in [1.29, 1.82) is 0 Å². The van der Waals surface area contributed by atoms with Crippen LogP contribution in [-0.2, 0) is 16.8 Å². The predicted molar refractivity (Wildman–Crippen MR) is 135 cm³/mol. The van der Waals surface area contributed by atoms with Crippen LogP contribution in [0.15, 0.2) is 20.6 Å². The van der Waals surface area contributed by atoms with Gasteiger partial charge < -0.3 is 0 Å². The summed E-state index contributed by atoms with van der Waals surface area (Å²) in [6.07, 6.45) is 14.5. The Morgan fingerprint density at radius 2 is 1.19 bits per heavy atom. The molecule has 2 heteroatoms. The van der Waals surface area contributed by atoms with Crippen LogP contribution in [0.25, 0.3) is 0 Å². The zero-order valence-corrected chi connectivity index (χ0v) is 24.4. The predicted octanol–water partition coefficient (Wildman–Crippen LogP) is 9.23. The van der Waals surface area contributed by atoms with Crippen molar-refractivity contribution >= 4 is 0 Å². The number of hydrogen-bond acceptors (Lipinski definition) is 1. The van der Waals surface area contributed by atoms with Gasteiger partial charge in [0.25, 0.3) is 0 Å². The molecule has 3 atom stereocenters. The van der Waals surface area contributed by atoms with Crippen molar-refractivity contribution in [1.82, 2.24) is 3.80 Å². The average molecular weight is 474 g/mol. The molecule has 1 aliphatic heterocycles. The van der Waals surface area contributed by atoms with E-state index in [1.165, 1.54) is 64.2 Å². The van der Waals surface area contributed by atoms with Crippen LogP contribution in [-0.4, -0.2) is 5.54 Å². The molecule has 4 saturated carbocycles. The zero-order chi connectivity index (χ0) is 23.3. The monoisotopic (exact) mass is 473 g/mol. The van der Waals surface area contributed by atoms with Gasteiger partial charge in [0, 0.05) is 0 Å². The molecule has 5 fully saturated rings. The Balaban J connectivity index is 1.60. The van der Waals surface area contributed by atoms with Gasteiger partial charge in [-0.2, -0.15) is 0 Å². The van der Waals surface area contributed by atoms with Gasteiger partial charge in [0.05, 0.1) is 0 Å². The molecule has 1 heterocycles. The van der Waals surface area contributed by atoms with Gasteiger partial charge in [0.15, 0.2) is 0 Å². The first-order valence-electron chi connectivity index (χ1n) is 14.0. The van der Waals surface area contributed by atoms with Gasteiger partial charge in [0.2, 0.25) is 0 Å². The van der Waals surface area contributed by atoms with Gasteiger partial charge in [-0.15, -0.1) is 0 Å². The van der Waals surface area contributed by atoms with E-state index >= 15 is 0 Å². The summed E-state index contributed by atoms with van der Waals surface area (Å²) < 4.78 is 8.94. The fourth-order valence-corrected chi connectivity index (χ4v) is 23.7. The molecule has 0 spiro atoms. The molecule has 0 aromatic carbocycles. The van der Waals surface area contributed by atoms with E-state index in [-0.39, 0.29) is 0 Å². The summed E-state index contributed by atoms with van der Waals surface area (Å²) in [7, 11) is 0. The Labute approximate surface area is 203 Å². The third-order valence-electron chi connectivity index (χ3n) is 11.2. The summed E-state index contributed by atoms with van der Waals surface area (Å²) in [5.74, 6) is 0.694. The molecule has 1 nitrogen and oxygen atoms in total. The molecule has 1 saturated heterocycles. The standard InChI is InChI=1S/C13H22N.C9H13.C8H16.Ti/c1-10-4-11(2)6-12(3,5-10)9-13(14,7-10)8-11;1-6-5-7(2)9(4)8(6)3;1-3-5-7-8-6-4-2;/h14H,4-9H2,1-3H3;6H,1-4H3;7-8H,3-6H2,1-2H3;/q-1;;;+1. The number of nitrogens with one attached hydrogen (secondary N) is 1. The molecule has 180 valence electrons. The van der Waals surface area contributed by atoms with Crippen LogP contribution in [0.3, 0.4) is 0 Å². The van der Waals surface area contributed by atoms with E-state index in [0.29, 0.717) is 27.7 Å². The van der Waals surface area contributed by atoms with Crippen LogP contribution in [0.5, 0.6) is 0 Å². The summed E-state index contributed by atoms with van der Waals surface area (Å²) in [5, 5.41) is 0. The molecule has 5 aliphatic carbocycles. The van der Waals surface area contributed by atoms with Crippen LogP contribution in [0, 0.1) is 22.2 Å². The van der Waals surface area contributed by atoms with Gasteiger partial charge in [-0.25, -0.2) is 0 Å². The average Bonchev–Trinajstić information content (AvgIpc) is 3.14. The van der Waals surface area contributed by atoms with Crippen molar-refractivity contribution in [3.05, 3.63) is 20.6 Å². The van der Waals surface area contributed by atoms with Gasteiger partial charge in [-0.1, -0.05) is 0 Å². The Bertz CT molecular complexity index is 812. The minimum absolute atomic E-state index is 0.429. The molecular weight excluding hydrogens is 422 g/mol. The number of rotatable bonds is 7. The first-order valence-corrected chi connectivity index (χ1v) is 17.4. The Morgan fingerprint density at radius 3 is 1.53 bits per heavy atom. The van der Waals surface area contributed by atoms with E-state index in [1.807, 2.05) is 3.88 Å². The van der Waals surface area contributed by atoms with Gasteiger partial charge in [-0.05, 0) is 0 Å². The zero-order valence-electron chi connectivity index (χ0n) is 22.8. The third-order valence-corrected chi connectivity index (χ3v) is 20.5. The SMILES string of the molecule is CCC[CH]1[CH](CCC)[Ti]1([NH]C12CC3(C)CC(C)(CC(C)(C3)C1)C2)[C]1=C(C)C(C)=C(C)C1C. The molecule has 0 aromatic heterocycles. The van der Waals surface area contributed by atoms with Crippen molar-refractivity contribution in [3.8, 4) is 0 Å². The van der Waals surface area contributed by atoms with Crippen LogP contribution in [0.1, 0.15) is 127 Å². The van der Waals surface area contributed by atoms with Crippen molar-refractivity contribution in [2.45, 2.75) is 141 Å². The van der Waals surface area contributed by atoms with Gasteiger partial charge in [-0.3, -0.25) is 0 Å². The first kappa shape index (κ1) is 23.9. The summed E-state index contributed by atoms with van der Waals surface area (Å²) in [5.41, 5.74) is 7.16. The number of allylic oxidation sites excluding steroid dienone is 4. The normalized spacial score (nSPS) is 51.8. The van der Waals surface area contributed by atoms with E-state index in [1.54, 1.807) is 16.7 Å². The van der Waals surface area contributed by atoms with E-state index in [0.717, 1.165) is 8.45 Å². The summed E-state index contributed by atoms with van der Waals surface area (Å²) >= 11 is -2.42. The minimum atomic E-state index is -2.42. The summed E-state index contributed by atoms with van der Waals surface area (Å²) in [6, 6.07) is 0. The molecule has 1 N–H and O–H groups in total. The van der Waals surface area contributed by atoms with Crippen LogP contribution >= 0.6 is 0 Å². The maximum atomic E-state index is 4.90. The molecule has 6 rings (SSSR count). The van der Waals surface area contributed by atoms with Crippen LogP contribution in [0.4, 0.5) is 0 Å². The van der Waals surface area contributed by atoms with Crippen molar-refractivity contribution in [3.63, 3.8) is 0 Å². The second kappa shape index (κ2) is 7.33. The van der Waals surface area contributed by atoms with E-state index in [2.05, 4.69) is 62.3 Å². The van der Waals surface area contributed by atoms with Gasteiger partial charge in [0.1, 0.15) is 0 Å². The fraction of sp³-hybridized carbons (Fsp3) is 0.867. The van der Waals surface area contributed by atoms with E-state index in [9.17, 15) is 0 Å². The van der Waals surface area contributed by atoms with Crippen molar-refractivity contribution < 1.29 is 16.8 Å². The van der Waals surface area contributed by atoms with Crippen molar-refractivity contribution in [2.75, 3.05) is 0 Å². The summed E-state index contributed by atoms with van der Waals surface area (Å²) in [4.78, 5) is 0. The Morgan fingerprint density at radius 1 is 0.750 bits per heavy atom. The Hall–Kier alpha value is 0.154. The summed E-state index contributed by atoms with van der Waals surface area (Å²) in [6.45, 7) is 22.8. The topological polar surface area (TPSA) is 12.0 Å². The van der Waals surface area contributed by atoms with E-state index in [4.69, 9.17) is 3.80 Å². The van der Waals surface area contributed by atoms with E-state index < -0.39 is 16.8 Å². The Kier molecular flexibility index (Phi) is 5.47. The second-order valence-electron chi connectivity index (χ2n) is 14.6. The van der Waals surface area contributed by atoms with Crippen LogP contribution in [0.2, 0.25) is 8.45 Å². The van der Waals surface area contributed by atoms with Gasteiger partial charge >= 0.3 is 204 Å². The number of hydrogen-bond donors (Lipinski definition) is 1. The quantitative estimate of drug-likeness (QED) is 0.363. The molecule has 0 aromatic rings. The van der Waals surface area contributed by atoms with Crippen molar-refractivity contribution in [2.24, 2.45) is 22.2 Å². The molecule has 0 radical (unpaired) electrons. The molecule has 32 heavy (non-hydrogen) atoms. The fourth-order valence-electron chi connectivity index (χ4n) is 11.6. The molecular formula is C30H51NTi. The first-order chi connectivity index (χ1) is 14.9. The molecule has 0 amide bonds. The molecule has 6 aliphatic rings. The third kappa shape index (κ3) is 3.30. The molecule has 3 unspecified atom stereocenters. The molecule has 4 bridgehead atoms.